The lowest BCUT2D eigenvalue weighted by atomic mass is 10.0. The van der Waals surface area contributed by atoms with E-state index in [2.05, 4.69) is 11.8 Å². The van der Waals surface area contributed by atoms with E-state index in [0.717, 1.165) is 41.8 Å². The minimum absolute atomic E-state index is 0.0108. The zero-order valence-corrected chi connectivity index (χ0v) is 23.5. The van der Waals surface area contributed by atoms with Crippen LogP contribution >= 0.6 is 0 Å². The van der Waals surface area contributed by atoms with Gasteiger partial charge in [0.25, 0.3) is 5.91 Å². The van der Waals surface area contributed by atoms with E-state index >= 15 is 0 Å². The van der Waals surface area contributed by atoms with Gasteiger partial charge in [-0.05, 0) is 60.2 Å². The van der Waals surface area contributed by atoms with E-state index in [-0.39, 0.29) is 17.4 Å². The molecule has 38 heavy (non-hydrogen) atoms. The van der Waals surface area contributed by atoms with Crippen molar-refractivity contribution in [2.75, 3.05) is 38.2 Å². The quantitative estimate of drug-likeness (QED) is 0.347. The summed E-state index contributed by atoms with van der Waals surface area (Å²) < 4.78 is 31.5. The molecule has 1 heterocycles. The van der Waals surface area contributed by atoms with Crippen molar-refractivity contribution in [1.29, 1.82) is 0 Å². The average molecular weight is 535 g/mol. The topological polar surface area (TPSA) is 66.9 Å². The summed E-state index contributed by atoms with van der Waals surface area (Å²) in [5.41, 5.74) is 5.13. The largest absolute Gasteiger partial charge is 0.495 e. The minimum atomic E-state index is -3.39. The maximum absolute atomic E-state index is 13.4. The number of nitrogens with zero attached hydrogens (tertiary/aromatic N) is 2. The van der Waals surface area contributed by atoms with Crippen LogP contribution in [0.3, 0.4) is 0 Å². The number of amides is 1. The molecule has 0 bridgehead atoms. The monoisotopic (exact) mass is 534 g/mol. The van der Waals surface area contributed by atoms with Crippen LogP contribution in [0.2, 0.25) is 0 Å². The molecule has 0 N–H and O–H groups in total. The second-order valence-corrected chi connectivity index (χ2v) is 12.1. The van der Waals surface area contributed by atoms with Crippen molar-refractivity contribution in [2.45, 2.75) is 44.6 Å². The standard InChI is InChI=1S/C31H38N2O4S/c1-4-5-8-25-13-15-26(16-14-25)22-38(35,36)23-27-12-11-24(2)28(21-27)31(34)33-19-17-32(18-20-33)29-9-6-7-10-30(29)37-3/h6-7,9-16,21H,4-5,8,17-20,22-23H2,1-3H3. The highest BCUT2D eigenvalue weighted by Crippen LogP contribution is 2.29. The predicted octanol–water partition coefficient (Wildman–Crippen LogP) is 5.42. The number of benzene rings is 3. The van der Waals surface area contributed by atoms with Gasteiger partial charge in [0.05, 0.1) is 24.3 Å². The van der Waals surface area contributed by atoms with Gasteiger partial charge in [0.15, 0.2) is 9.84 Å². The lowest BCUT2D eigenvalue weighted by molar-refractivity contribution is 0.0746. The second kappa shape index (κ2) is 12.5. The zero-order valence-electron chi connectivity index (χ0n) is 22.7. The lowest BCUT2D eigenvalue weighted by Gasteiger charge is -2.36. The number of hydrogen-bond acceptors (Lipinski definition) is 5. The molecule has 0 aromatic heterocycles. The van der Waals surface area contributed by atoms with Crippen LogP contribution in [-0.4, -0.2) is 52.5 Å². The summed E-state index contributed by atoms with van der Waals surface area (Å²) in [7, 11) is -1.72. The van der Waals surface area contributed by atoms with Crippen LogP contribution < -0.4 is 9.64 Å². The lowest BCUT2D eigenvalue weighted by Crippen LogP contribution is -2.49. The number of sulfone groups is 1. The molecule has 202 valence electrons. The molecule has 0 saturated carbocycles. The van der Waals surface area contributed by atoms with Crippen molar-refractivity contribution in [3.05, 3.63) is 94.5 Å². The summed E-state index contributed by atoms with van der Waals surface area (Å²) in [4.78, 5) is 17.5. The van der Waals surface area contributed by atoms with Gasteiger partial charge >= 0.3 is 0 Å². The van der Waals surface area contributed by atoms with Crippen LogP contribution in [0.25, 0.3) is 0 Å². The molecule has 0 atom stereocenters. The molecule has 6 nitrogen and oxygen atoms in total. The highest BCUT2D eigenvalue weighted by Gasteiger charge is 2.25. The Balaban J connectivity index is 1.40. The molecule has 1 fully saturated rings. The predicted molar refractivity (Wildman–Crippen MR) is 154 cm³/mol. The fourth-order valence-electron chi connectivity index (χ4n) is 4.94. The van der Waals surface area contributed by atoms with Crippen LogP contribution in [-0.2, 0) is 27.8 Å². The fraction of sp³-hybridized carbons (Fsp3) is 0.387. The van der Waals surface area contributed by atoms with Gasteiger partial charge in [0.2, 0.25) is 0 Å². The number of ether oxygens (including phenoxy) is 1. The van der Waals surface area contributed by atoms with Crippen LogP contribution in [0.5, 0.6) is 5.75 Å². The summed E-state index contributed by atoms with van der Waals surface area (Å²) in [5.74, 6) is 0.670. The average Bonchev–Trinajstić information content (AvgIpc) is 2.93. The number of aryl methyl sites for hydroxylation is 2. The first-order chi connectivity index (χ1) is 18.3. The molecule has 0 spiro atoms. The summed E-state index contributed by atoms with van der Waals surface area (Å²) >= 11 is 0. The molecule has 0 aliphatic carbocycles. The first-order valence-electron chi connectivity index (χ1n) is 13.3. The number of piperazine rings is 1. The molecule has 0 unspecified atom stereocenters. The molecule has 3 aromatic rings. The van der Waals surface area contributed by atoms with Gasteiger partial charge in [0.1, 0.15) is 5.75 Å². The van der Waals surface area contributed by atoms with E-state index < -0.39 is 9.84 Å². The third-order valence-electron chi connectivity index (χ3n) is 7.14. The van der Waals surface area contributed by atoms with Crippen LogP contribution in [0, 0.1) is 6.92 Å². The number of carbonyl (C=O) groups excluding carboxylic acids is 1. The summed E-state index contributed by atoms with van der Waals surface area (Å²) in [6, 6.07) is 21.2. The SMILES string of the molecule is CCCCc1ccc(CS(=O)(=O)Cc2ccc(C)c(C(=O)N3CCN(c4ccccc4OC)CC3)c2)cc1. The van der Waals surface area contributed by atoms with Gasteiger partial charge in [0, 0.05) is 31.7 Å². The number of anilines is 1. The summed E-state index contributed by atoms with van der Waals surface area (Å²) in [5, 5.41) is 0. The Bertz CT molecular complexity index is 1340. The molecule has 7 heteroatoms. The molecule has 0 radical (unpaired) electrons. The number of methoxy groups -OCH3 is 1. The van der Waals surface area contributed by atoms with Gasteiger partial charge in [-0.2, -0.15) is 0 Å². The van der Waals surface area contributed by atoms with E-state index in [9.17, 15) is 13.2 Å². The third kappa shape index (κ3) is 6.95. The Kier molecular flexibility index (Phi) is 9.10. The molecule has 1 aliphatic heterocycles. The van der Waals surface area contributed by atoms with Gasteiger partial charge in [-0.3, -0.25) is 4.79 Å². The Hall–Kier alpha value is -3.32. The van der Waals surface area contributed by atoms with Crippen molar-refractivity contribution < 1.29 is 17.9 Å². The second-order valence-electron chi connectivity index (χ2n) is 10.1. The van der Waals surface area contributed by atoms with Crippen LogP contribution in [0.15, 0.2) is 66.7 Å². The van der Waals surface area contributed by atoms with Crippen molar-refractivity contribution in [2.24, 2.45) is 0 Å². The zero-order chi connectivity index (χ0) is 27.1. The maximum Gasteiger partial charge on any atom is 0.254 e. The summed E-state index contributed by atoms with van der Waals surface area (Å²) in [6.07, 6.45) is 3.28. The van der Waals surface area contributed by atoms with Crippen molar-refractivity contribution >= 4 is 21.4 Å². The number of unbranched alkanes of at least 4 members (excludes halogenated alkanes) is 1. The van der Waals surface area contributed by atoms with Crippen LogP contribution in [0.1, 0.15) is 52.4 Å². The Morgan fingerprint density at radius 1 is 0.868 bits per heavy atom. The Labute approximate surface area is 227 Å². The fourth-order valence-corrected chi connectivity index (χ4v) is 6.43. The third-order valence-corrected chi connectivity index (χ3v) is 8.69. The minimum Gasteiger partial charge on any atom is -0.495 e. The van der Waals surface area contributed by atoms with Gasteiger partial charge < -0.3 is 14.5 Å². The van der Waals surface area contributed by atoms with Crippen molar-refractivity contribution in [3.8, 4) is 5.75 Å². The van der Waals surface area contributed by atoms with E-state index in [4.69, 9.17) is 4.74 Å². The van der Waals surface area contributed by atoms with Gasteiger partial charge in [-0.25, -0.2) is 8.42 Å². The van der Waals surface area contributed by atoms with E-state index in [1.807, 2.05) is 72.5 Å². The molecular weight excluding hydrogens is 496 g/mol. The van der Waals surface area contributed by atoms with E-state index in [1.165, 1.54) is 5.56 Å². The Morgan fingerprint density at radius 2 is 1.50 bits per heavy atom. The normalized spacial score (nSPS) is 14.0. The van der Waals surface area contributed by atoms with Crippen molar-refractivity contribution in [3.63, 3.8) is 0 Å². The van der Waals surface area contributed by atoms with Gasteiger partial charge in [-0.1, -0.05) is 61.9 Å². The first kappa shape index (κ1) is 27.7. The number of carbonyl (C=O) groups is 1. The molecule has 1 amide bonds. The number of rotatable bonds is 10. The van der Waals surface area contributed by atoms with Gasteiger partial charge in [-0.15, -0.1) is 0 Å². The number of para-hydroxylation sites is 2. The molecular formula is C31H38N2O4S. The maximum atomic E-state index is 13.4. The highest BCUT2D eigenvalue weighted by molar-refractivity contribution is 7.89. The summed E-state index contributed by atoms with van der Waals surface area (Å²) in [6.45, 7) is 6.65. The molecule has 1 aliphatic rings. The molecule has 1 saturated heterocycles. The highest BCUT2D eigenvalue weighted by atomic mass is 32.2. The van der Waals surface area contributed by atoms with E-state index in [1.54, 1.807) is 13.2 Å². The van der Waals surface area contributed by atoms with E-state index in [0.29, 0.717) is 37.3 Å². The van der Waals surface area contributed by atoms with Crippen LogP contribution in [0.4, 0.5) is 5.69 Å². The Morgan fingerprint density at radius 3 is 2.18 bits per heavy atom. The van der Waals surface area contributed by atoms with Crippen molar-refractivity contribution in [1.82, 2.24) is 4.90 Å². The first-order valence-corrected chi connectivity index (χ1v) is 15.2. The molecule has 4 rings (SSSR count). The number of hydrogen-bond donors (Lipinski definition) is 0. The molecule has 3 aromatic carbocycles. The smallest absolute Gasteiger partial charge is 0.254 e.